The van der Waals surface area contributed by atoms with E-state index in [9.17, 15) is 9.59 Å². The fourth-order valence-corrected chi connectivity index (χ4v) is 2.17. The molecule has 3 amide bonds. The second-order valence-corrected chi connectivity index (χ2v) is 4.80. The van der Waals surface area contributed by atoms with E-state index in [4.69, 9.17) is 5.73 Å². The second-order valence-electron chi connectivity index (χ2n) is 4.80. The fraction of sp³-hybridized carbons (Fsp3) is 0.818. The van der Waals surface area contributed by atoms with Gasteiger partial charge in [-0.25, -0.2) is 4.79 Å². The van der Waals surface area contributed by atoms with Crippen LogP contribution in [0.5, 0.6) is 0 Å². The Bertz CT molecular complexity index is 309. The van der Waals surface area contributed by atoms with Gasteiger partial charge in [-0.15, -0.1) is 12.4 Å². The molecule has 2 fully saturated rings. The molecule has 0 aromatic rings. The minimum absolute atomic E-state index is 0. The molecule has 1 atom stereocenters. The first kappa shape index (κ1) is 15.2. The number of hydrogen-bond acceptors (Lipinski definition) is 4. The van der Waals surface area contributed by atoms with Gasteiger partial charge in [-0.2, -0.15) is 0 Å². The number of nitrogens with one attached hydrogen (secondary N) is 2. The lowest BCUT2D eigenvalue weighted by atomic mass is 10.2. The van der Waals surface area contributed by atoms with Crippen molar-refractivity contribution in [1.82, 2.24) is 15.5 Å². The zero-order chi connectivity index (χ0) is 12.3. The van der Waals surface area contributed by atoms with Crippen molar-refractivity contribution in [2.75, 3.05) is 19.6 Å². The molecule has 6 nitrogen and oxygen atoms in total. The van der Waals surface area contributed by atoms with Crippen molar-refractivity contribution >= 4 is 24.3 Å². The van der Waals surface area contributed by atoms with Crippen LogP contribution in [0.15, 0.2) is 0 Å². The molecule has 0 aromatic heterocycles. The summed E-state index contributed by atoms with van der Waals surface area (Å²) in [6, 6.07) is 0.180. The molecule has 1 saturated heterocycles. The maximum Gasteiger partial charge on any atom is 0.321 e. The van der Waals surface area contributed by atoms with Crippen LogP contribution >= 0.6 is 12.4 Å². The van der Waals surface area contributed by atoms with E-state index < -0.39 is 0 Å². The van der Waals surface area contributed by atoms with Crippen LogP contribution in [-0.4, -0.2) is 48.6 Å². The van der Waals surface area contributed by atoms with E-state index in [-0.39, 0.29) is 43.0 Å². The first-order chi connectivity index (χ1) is 8.19. The van der Waals surface area contributed by atoms with E-state index in [0.29, 0.717) is 6.54 Å². The van der Waals surface area contributed by atoms with Gasteiger partial charge >= 0.3 is 6.03 Å². The Hall–Kier alpha value is -0.850. The molecule has 2 aliphatic rings. The van der Waals surface area contributed by atoms with Crippen LogP contribution < -0.4 is 16.4 Å². The van der Waals surface area contributed by atoms with Gasteiger partial charge in [0.2, 0.25) is 5.91 Å². The van der Waals surface area contributed by atoms with Gasteiger partial charge in [0.05, 0.1) is 6.54 Å². The van der Waals surface area contributed by atoms with Gasteiger partial charge in [-0.3, -0.25) is 15.0 Å². The Morgan fingerprint density at radius 1 is 1.28 bits per heavy atom. The lowest BCUT2D eigenvalue weighted by Crippen LogP contribution is -2.47. The van der Waals surface area contributed by atoms with Gasteiger partial charge in [0.25, 0.3) is 0 Å². The zero-order valence-corrected chi connectivity index (χ0v) is 11.2. The van der Waals surface area contributed by atoms with Crippen LogP contribution in [0, 0.1) is 0 Å². The monoisotopic (exact) mass is 276 g/mol. The summed E-state index contributed by atoms with van der Waals surface area (Å²) in [5.74, 6) is -0.247. The van der Waals surface area contributed by atoms with Crippen molar-refractivity contribution in [1.29, 1.82) is 0 Å². The quantitative estimate of drug-likeness (QED) is 0.665. The van der Waals surface area contributed by atoms with Crippen molar-refractivity contribution in [2.24, 2.45) is 5.73 Å². The summed E-state index contributed by atoms with van der Waals surface area (Å²) in [5, 5.41) is 5.07. The van der Waals surface area contributed by atoms with E-state index in [1.165, 1.54) is 0 Å². The average Bonchev–Trinajstić information content (AvgIpc) is 2.95. The topological polar surface area (TPSA) is 87.5 Å². The number of carbonyl (C=O) groups is 2. The highest BCUT2D eigenvalue weighted by atomic mass is 35.5. The highest BCUT2D eigenvalue weighted by molar-refractivity contribution is 5.95. The molecule has 0 bridgehead atoms. The Kier molecular flexibility index (Phi) is 5.84. The van der Waals surface area contributed by atoms with Gasteiger partial charge in [-0.1, -0.05) is 0 Å². The maximum absolute atomic E-state index is 11.6. The maximum atomic E-state index is 11.6. The number of nitrogens with two attached hydrogens (primary N) is 1. The molecular formula is C11H21ClN4O2. The Balaban J connectivity index is 0.00000162. The van der Waals surface area contributed by atoms with Gasteiger partial charge in [0.1, 0.15) is 0 Å². The fourth-order valence-electron chi connectivity index (χ4n) is 2.17. The third kappa shape index (κ3) is 4.44. The number of nitrogens with zero attached hydrogens (tertiary/aromatic N) is 1. The molecular weight excluding hydrogens is 256 g/mol. The lowest BCUT2D eigenvalue weighted by Gasteiger charge is -2.22. The highest BCUT2D eigenvalue weighted by Gasteiger charge is 2.27. The Labute approximate surface area is 113 Å². The highest BCUT2D eigenvalue weighted by Crippen LogP contribution is 2.18. The van der Waals surface area contributed by atoms with Gasteiger partial charge in [-0.05, 0) is 32.2 Å². The van der Waals surface area contributed by atoms with E-state index >= 15 is 0 Å². The van der Waals surface area contributed by atoms with Crippen LogP contribution in [0.3, 0.4) is 0 Å². The smallest absolute Gasteiger partial charge is 0.321 e. The number of likely N-dealkylation sites (tertiary alicyclic amines) is 1. The summed E-state index contributed by atoms with van der Waals surface area (Å²) >= 11 is 0. The first-order valence-corrected chi connectivity index (χ1v) is 6.23. The first-order valence-electron chi connectivity index (χ1n) is 6.23. The minimum atomic E-state index is -0.374. The molecule has 1 aliphatic carbocycles. The van der Waals surface area contributed by atoms with E-state index in [1.54, 1.807) is 0 Å². The lowest BCUT2D eigenvalue weighted by molar-refractivity contribution is -0.121. The molecule has 0 radical (unpaired) electrons. The van der Waals surface area contributed by atoms with Crippen molar-refractivity contribution in [3.8, 4) is 0 Å². The summed E-state index contributed by atoms with van der Waals surface area (Å²) in [7, 11) is 0. The van der Waals surface area contributed by atoms with Crippen LogP contribution in [-0.2, 0) is 4.79 Å². The van der Waals surface area contributed by atoms with Crippen molar-refractivity contribution < 1.29 is 9.59 Å². The molecule has 1 heterocycles. The molecule has 18 heavy (non-hydrogen) atoms. The van der Waals surface area contributed by atoms with Gasteiger partial charge in [0, 0.05) is 18.6 Å². The van der Waals surface area contributed by atoms with Crippen molar-refractivity contribution in [3.05, 3.63) is 0 Å². The molecule has 2 rings (SSSR count). The summed E-state index contributed by atoms with van der Waals surface area (Å²) in [4.78, 5) is 25.0. The normalized spacial score (nSPS) is 23.3. The van der Waals surface area contributed by atoms with Crippen molar-refractivity contribution in [3.63, 3.8) is 0 Å². The van der Waals surface area contributed by atoms with Crippen LogP contribution in [0.25, 0.3) is 0 Å². The van der Waals surface area contributed by atoms with Gasteiger partial charge in [0.15, 0.2) is 0 Å². The third-order valence-electron chi connectivity index (χ3n) is 3.28. The predicted octanol–water partition coefficient (Wildman–Crippen LogP) is -0.181. The standard InChI is InChI=1S/C11H20N4O2.ClH/c12-6-9-2-1-5-15(9)7-10(16)14-11(17)13-8-3-4-8;/h8-9H,1-7,12H2,(H2,13,14,16,17);1H. The summed E-state index contributed by atoms with van der Waals surface area (Å²) in [5.41, 5.74) is 5.62. The van der Waals surface area contributed by atoms with Crippen LogP contribution in [0.4, 0.5) is 4.79 Å². The molecule has 0 aromatic carbocycles. The van der Waals surface area contributed by atoms with E-state index in [1.807, 2.05) is 4.90 Å². The molecule has 1 unspecified atom stereocenters. The Morgan fingerprint density at radius 3 is 2.61 bits per heavy atom. The largest absolute Gasteiger partial charge is 0.335 e. The average molecular weight is 277 g/mol. The number of imide groups is 1. The number of carbonyl (C=O) groups excluding carboxylic acids is 2. The Morgan fingerprint density at radius 2 is 2.00 bits per heavy atom. The second kappa shape index (κ2) is 6.92. The number of rotatable bonds is 4. The predicted molar refractivity (Wildman–Crippen MR) is 70.6 cm³/mol. The number of amides is 3. The number of halogens is 1. The SMILES string of the molecule is Cl.NCC1CCCN1CC(=O)NC(=O)NC1CC1. The minimum Gasteiger partial charge on any atom is -0.335 e. The van der Waals surface area contributed by atoms with Crippen LogP contribution in [0.1, 0.15) is 25.7 Å². The van der Waals surface area contributed by atoms with E-state index in [0.717, 1.165) is 32.2 Å². The summed E-state index contributed by atoms with van der Waals surface area (Å²) in [6.45, 7) is 1.72. The van der Waals surface area contributed by atoms with E-state index in [2.05, 4.69) is 10.6 Å². The van der Waals surface area contributed by atoms with Crippen molar-refractivity contribution in [2.45, 2.75) is 37.8 Å². The molecule has 1 aliphatic heterocycles. The number of urea groups is 1. The summed E-state index contributed by atoms with van der Waals surface area (Å²) in [6.07, 6.45) is 4.15. The van der Waals surface area contributed by atoms with Gasteiger partial charge < -0.3 is 11.1 Å². The van der Waals surface area contributed by atoms with Crippen LogP contribution in [0.2, 0.25) is 0 Å². The molecule has 7 heteroatoms. The molecule has 104 valence electrons. The number of hydrogen-bond donors (Lipinski definition) is 3. The molecule has 1 saturated carbocycles. The summed E-state index contributed by atoms with van der Waals surface area (Å²) < 4.78 is 0. The molecule has 0 spiro atoms. The third-order valence-corrected chi connectivity index (χ3v) is 3.28. The zero-order valence-electron chi connectivity index (χ0n) is 10.4. The molecule has 4 N–H and O–H groups in total.